The Kier molecular flexibility index (Phi) is 32.9. The second-order valence-electron chi connectivity index (χ2n) is 39.9. The Bertz CT molecular complexity index is 2800. The molecule has 606 valence electrons. The molecule has 14 saturated carbocycles. The van der Waals surface area contributed by atoms with Gasteiger partial charge in [0.2, 0.25) is 0 Å². The van der Waals surface area contributed by atoms with Crippen LogP contribution in [0.25, 0.3) is 0 Å². The molecule has 15 fully saturated rings. The van der Waals surface area contributed by atoms with Crippen molar-refractivity contribution in [3.8, 4) is 5.75 Å². The quantitative estimate of drug-likeness (QED) is 0.0697. The first-order valence-corrected chi connectivity index (χ1v) is 48.1. The zero-order valence-corrected chi connectivity index (χ0v) is 70.5. The monoisotopic (exact) mass is 1530 g/mol. The lowest BCUT2D eigenvalue weighted by molar-refractivity contribution is -0.270. The minimum absolute atomic E-state index is 0.00167. The molecule has 0 aromatic heterocycles. The number of hydrogen-bond acceptors (Lipinski definition) is 5. The van der Waals surface area contributed by atoms with Crippen LogP contribution >= 0.6 is 23.5 Å². The summed E-state index contributed by atoms with van der Waals surface area (Å²) in [4.78, 5) is 22.0. The molecule has 0 bridgehead atoms. The summed E-state index contributed by atoms with van der Waals surface area (Å²) in [5.41, 5.74) is 4.68. The maximum atomic E-state index is 14.4. The Hall–Kier alpha value is -2.07. The molecule has 0 amide bonds. The first-order chi connectivity index (χ1) is 51.6. The van der Waals surface area contributed by atoms with Gasteiger partial charge in [-0.05, 0) is 307 Å². The van der Waals surface area contributed by atoms with Crippen LogP contribution in [0, 0.1) is 140 Å². The molecule has 1 saturated heterocycles. The highest BCUT2D eigenvalue weighted by Gasteiger charge is 2.62. The van der Waals surface area contributed by atoms with Crippen LogP contribution in [0.2, 0.25) is 0 Å². The number of ether oxygens (including phenoxy) is 1. The summed E-state index contributed by atoms with van der Waals surface area (Å²) in [5.74, 6) is 13.7. The van der Waals surface area contributed by atoms with E-state index < -0.39 is 35.2 Å². The van der Waals surface area contributed by atoms with Crippen molar-refractivity contribution in [3.63, 3.8) is 0 Å². The van der Waals surface area contributed by atoms with Crippen molar-refractivity contribution in [1.29, 1.82) is 0 Å². The molecule has 3 spiro atoms. The lowest BCUT2D eigenvalue weighted by Gasteiger charge is -2.60. The second kappa shape index (κ2) is 41.0. The first kappa shape index (κ1) is 85.8. The van der Waals surface area contributed by atoms with Crippen molar-refractivity contribution in [2.75, 3.05) is 11.5 Å². The Balaban J connectivity index is 0.000000132. The van der Waals surface area contributed by atoms with Gasteiger partial charge in [0.15, 0.2) is 17.5 Å². The molecule has 1 aliphatic heterocycles. The van der Waals surface area contributed by atoms with Gasteiger partial charge in [-0.1, -0.05) is 201 Å². The Morgan fingerprint density at radius 2 is 0.738 bits per heavy atom. The summed E-state index contributed by atoms with van der Waals surface area (Å²) in [7, 11) is 0. The highest BCUT2D eigenvalue weighted by atomic mass is 32.2. The zero-order valence-electron chi connectivity index (χ0n) is 68.9. The molecule has 3 nitrogen and oxygen atoms in total. The topological polar surface area (TPSA) is 43.4 Å². The predicted molar refractivity (Wildman–Crippen MR) is 442 cm³/mol. The summed E-state index contributed by atoms with van der Waals surface area (Å²) in [6, 6.07) is 0.935. The fourth-order valence-corrected chi connectivity index (χ4v) is 28.0. The molecule has 14 aliphatic carbocycles. The van der Waals surface area contributed by atoms with Crippen LogP contribution < -0.4 is 4.74 Å². The molecule has 107 heavy (non-hydrogen) atoms. The second-order valence-corrected chi connectivity index (χ2v) is 42.4. The average molecular weight is 1530 g/mol. The van der Waals surface area contributed by atoms with Gasteiger partial charge in [0, 0.05) is 42.1 Å². The third-order valence-electron chi connectivity index (χ3n) is 31.9. The Labute approximate surface area is 659 Å². The Morgan fingerprint density at radius 1 is 0.421 bits per heavy atom. The maximum absolute atomic E-state index is 14.4. The molecule has 0 unspecified atom stereocenters. The number of benzene rings is 1. The minimum Gasteiger partial charge on any atom is -0.432 e. The van der Waals surface area contributed by atoms with Gasteiger partial charge in [-0.25, -0.2) is 13.2 Å². The van der Waals surface area contributed by atoms with Crippen LogP contribution in [0.1, 0.15) is 382 Å². The van der Waals surface area contributed by atoms with Crippen LogP contribution in [0.3, 0.4) is 0 Å². The summed E-state index contributed by atoms with van der Waals surface area (Å²) in [6.45, 7) is 21.7. The van der Waals surface area contributed by atoms with Crippen LogP contribution in [0.15, 0.2) is 46.8 Å². The highest BCUT2D eigenvalue weighted by molar-refractivity contribution is 8.22. The predicted octanol–water partition coefficient (Wildman–Crippen LogP) is 30.6. The number of ketones is 2. The molecular weight excluding hydrogens is 1370 g/mol. The number of allylic oxidation sites excluding steroid dienone is 3. The molecule has 1 heterocycles. The molecule has 1 aromatic rings. The number of hydrogen-bond donors (Lipinski definition) is 0. The number of halogens is 5. The van der Waals surface area contributed by atoms with E-state index in [1.807, 2.05) is 5.57 Å². The minimum atomic E-state index is -3.51. The number of thioether (sulfide) groups is 2. The first-order valence-electron chi connectivity index (χ1n) is 46.2. The van der Waals surface area contributed by atoms with Gasteiger partial charge in [-0.3, -0.25) is 9.59 Å². The van der Waals surface area contributed by atoms with Crippen LogP contribution in [0.5, 0.6) is 5.75 Å². The molecule has 16 rings (SSSR count). The van der Waals surface area contributed by atoms with Gasteiger partial charge in [0.1, 0.15) is 17.3 Å². The van der Waals surface area contributed by atoms with Gasteiger partial charge in [-0.2, -0.15) is 8.78 Å². The smallest absolute Gasteiger partial charge is 0.400 e. The molecule has 0 radical (unpaired) electrons. The van der Waals surface area contributed by atoms with Gasteiger partial charge < -0.3 is 4.74 Å². The third kappa shape index (κ3) is 23.8. The number of Topliss-reactive ketones (excluding diaryl/α,β-unsaturated/α-hetero) is 2. The third-order valence-corrected chi connectivity index (χ3v) is 34.7. The van der Waals surface area contributed by atoms with Gasteiger partial charge in [-0.15, -0.1) is 30.1 Å². The van der Waals surface area contributed by atoms with Crippen LogP contribution in [-0.4, -0.2) is 29.2 Å². The lowest BCUT2D eigenvalue weighted by Crippen LogP contribution is -2.55. The van der Waals surface area contributed by atoms with Gasteiger partial charge >= 0.3 is 6.11 Å². The van der Waals surface area contributed by atoms with E-state index in [2.05, 4.69) is 89.0 Å². The van der Waals surface area contributed by atoms with E-state index in [0.29, 0.717) is 47.9 Å². The molecular formula is C97H153F5O3S2. The van der Waals surface area contributed by atoms with Gasteiger partial charge in [0.25, 0.3) is 0 Å². The largest absolute Gasteiger partial charge is 0.432 e. The average Bonchev–Trinajstić information content (AvgIpc) is 0.734. The fourth-order valence-electron chi connectivity index (χ4n) is 25.3. The fraction of sp³-hybridized carbons (Fsp3) is 0.856. The van der Waals surface area contributed by atoms with E-state index in [1.54, 1.807) is 42.8 Å². The number of carbonyl (C=O) groups excluding carboxylic acids is 2. The van der Waals surface area contributed by atoms with E-state index in [4.69, 9.17) is 0 Å². The van der Waals surface area contributed by atoms with Crippen molar-refractivity contribution in [2.24, 2.45) is 123 Å². The summed E-state index contributed by atoms with van der Waals surface area (Å²) in [6.07, 6.45) is 69.6. The van der Waals surface area contributed by atoms with Gasteiger partial charge in [0.05, 0.1) is 5.92 Å². The lowest BCUT2D eigenvalue weighted by atomic mass is 9.45. The van der Waals surface area contributed by atoms with E-state index in [9.17, 15) is 31.5 Å². The number of alkyl halides is 2. The zero-order chi connectivity index (χ0) is 75.7. The molecule has 10 heteroatoms. The Morgan fingerprint density at radius 3 is 1.06 bits per heavy atom. The molecule has 0 N–H and O–H groups in total. The summed E-state index contributed by atoms with van der Waals surface area (Å²) >= 11 is 4.32. The standard InChI is InChI=1S/C23H29F5O.C20H32S2.C16H26O.C14H24.C13H22O.C11H20/c1-2-3-14-4-6-15(7-5-14)16-10-22(11-16)12-17(13-22)23(27,28)29-18-8-19(24)21(26)20(25)9-18;1-2-4-15-5-7-16(8-6-15)17-11-20(12-17)13-18(14-20)19-21-9-3-10-22-19;1-2-3-12-4-6-13(7-5-12)14-8-16(9-14)10-15(17)11-16;1-3-4-12-5-7-13(8-6-12)14-9-11(2)10-14;1-2-3-10-4-6-11(7-5-10)12-8-13(14)9-12;1-3-5-11-8-6-10(4-2)7-9-11/h8-9,14-17H,2-7,10-13H2,1H3;15-17H,2-14H2,1H3;12-14H,2-11H2,1H3;12-14H,2-10H2,1H3;10-12H,2-9H2,1H3;4,10-11H,2-3,5-9H2,1H3. The van der Waals surface area contributed by atoms with Crippen molar-refractivity contribution >= 4 is 35.1 Å². The molecule has 1 aromatic carbocycles. The van der Waals surface area contributed by atoms with Crippen molar-refractivity contribution in [1.82, 2.24) is 0 Å². The highest BCUT2D eigenvalue weighted by Crippen LogP contribution is 2.68. The maximum Gasteiger partial charge on any atom is 0.400 e. The van der Waals surface area contributed by atoms with E-state index in [-0.39, 0.29) is 5.41 Å². The number of rotatable bonds is 21. The van der Waals surface area contributed by atoms with E-state index in [0.717, 1.165) is 139 Å². The van der Waals surface area contributed by atoms with Crippen LogP contribution in [-0.2, 0) is 9.59 Å². The molecule has 0 atom stereocenters. The summed E-state index contributed by atoms with van der Waals surface area (Å²) in [5, 5.41) is 0. The van der Waals surface area contributed by atoms with Crippen molar-refractivity contribution in [2.45, 2.75) is 388 Å². The SMILES string of the molecule is C=C1CC(C2CCC(CCC)CC2)C1.C=CC1CCC(CCC)CC1.CCCC1CCC(C2CC(=O)C2)CC1.CCCC1CCC(C2CC3(C2)CC(C(F)(F)Oc2cc(F)c(F)c(F)c2)C3)CC1.CCCC1CCC(C2CC3(CC(=C4SCCCS4)C3)C2)CC1.CCCC1CCC(C2CC3(CC(=O)C3)C2)CC1. The van der Waals surface area contributed by atoms with E-state index in [1.165, 1.54) is 267 Å². The number of carbonyl (C=O) groups is 2. The van der Waals surface area contributed by atoms with Crippen molar-refractivity contribution < 1.29 is 36.3 Å². The normalized spacial score (nSPS) is 36.1. The van der Waals surface area contributed by atoms with Crippen molar-refractivity contribution in [3.05, 3.63) is 64.2 Å². The summed E-state index contributed by atoms with van der Waals surface area (Å²) < 4.78 is 74.7. The van der Waals surface area contributed by atoms with E-state index >= 15 is 0 Å². The van der Waals surface area contributed by atoms with Crippen LogP contribution in [0.4, 0.5) is 22.0 Å². The molecule has 15 aliphatic rings.